The van der Waals surface area contributed by atoms with Gasteiger partial charge < -0.3 is 30.4 Å². The zero-order valence-electron chi connectivity index (χ0n) is 10.5. The van der Waals surface area contributed by atoms with Crippen molar-refractivity contribution in [3.05, 3.63) is 24.2 Å². The number of carbonyl (C=O) groups is 1. The van der Waals surface area contributed by atoms with Crippen LogP contribution >= 0.6 is 0 Å². The van der Waals surface area contributed by atoms with Crippen molar-refractivity contribution in [3.63, 3.8) is 0 Å². The predicted octanol–water partition coefficient (Wildman–Crippen LogP) is -1.55. The highest BCUT2D eigenvalue weighted by molar-refractivity contribution is 5.93. The van der Waals surface area contributed by atoms with Crippen LogP contribution in [0.5, 0.6) is 0 Å². The van der Waals surface area contributed by atoms with E-state index in [1.807, 2.05) is 0 Å². The molecule has 0 spiro atoms. The van der Waals surface area contributed by atoms with Gasteiger partial charge in [0.1, 0.15) is 12.4 Å². The minimum Gasteiger partial charge on any atom is -0.472 e. The lowest BCUT2D eigenvalue weighted by atomic mass is 9.91. The Hall–Kier alpha value is -1.41. The summed E-state index contributed by atoms with van der Waals surface area (Å²) in [5, 5.41) is 34.7. The Morgan fingerprint density at radius 1 is 1.37 bits per heavy atom. The summed E-state index contributed by atoms with van der Waals surface area (Å²) in [4.78, 5) is 11.7. The van der Waals surface area contributed by atoms with Gasteiger partial charge in [-0.2, -0.15) is 0 Å². The summed E-state index contributed by atoms with van der Waals surface area (Å²) < 4.78 is 4.80. The number of rotatable bonds is 3. The smallest absolute Gasteiger partial charge is 0.254 e. The molecule has 1 aliphatic heterocycles. The van der Waals surface area contributed by atoms with Gasteiger partial charge in [0.05, 0.1) is 30.1 Å². The van der Waals surface area contributed by atoms with E-state index in [4.69, 9.17) is 4.42 Å². The standard InChI is InChI=1S/C12H18N2O5/c1-6-9(15)11(17)10(16)8(14-6)4-13-12(18)7-2-3-19-5-7/h2-3,5-6,8-11,14-17H,4H2,1H3,(H,13,18)/t6-,8+,9+,10+,11+/m0/s1. The number of hydrogen-bond donors (Lipinski definition) is 5. The van der Waals surface area contributed by atoms with E-state index in [0.717, 1.165) is 0 Å². The van der Waals surface area contributed by atoms with E-state index < -0.39 is 24.4 Å². The van der Waals surface area contributed by atoms with Crippen LogP contribution in [0.15, 0.2) is 23.0 Å². The summed E-state index contributed by atoms with van der Waals surface area (Å²) in [6.07, 6.45) is -0.690. The molecule has 1 amide bonds. The van der Waals surface area contributed by atoms with Gasteiger partial charge in [-0.15, -0.1) is 0 Å². The number of aliphatic hydroxyl groups excluding tert-OH is 3. The zero-order chi connectivity index (χ0) is 14.0. The second kappa shape index (κ2) is 5.70. The maximum atomic E-state index is 11.7. The fraction of sp³-hybridized carbons (Fsp3) is 0.583. The highest BCUT2D eigenvalue weighted by Gasteiger charge is 2.40. The number of hydrogen-bond acceptors (Lipinski definition) is 6. The first-order valence-corrected chi connectivity index (χ1v) is 6.11. The molecule has 19 heavy (non-hydrogen) atoms. The van der Waals surface area contributed by atoms with E-state index in [2.05, 4.69) is 10.6 Å². The first-order valence-electron chi connectivity index (χ1n) is 6.11. The molecule has 7 nitrogen and oxygen atoms in total. The van der Waals surface area contributed by atoms with Crippen LogP contribution in [0.25, 0.3) is 0 Å². The van der Waals surface area contributed by atoms with Gasteiger partial charge >= 0.3 is 0 Å². The number of aliphatic hydroxyl groups is 3. The molecule has 0 aromatic carbocycles. The van der Waals surface area contributed by atoms with E-state index in [-0.39, 0.29) is 18.5 Å². The monoisotopic (exact) mass is 270 g/mol. The molecular weight excluding hydrogens is 252 g/mol. The van der Waals surface area contributed by atoms with E-state index >= 15 is 0 Å². The van der Waals surface area contributed by atoms with Gasteiger partial charge in [0.2, 0.25) is 0 Å². The summed E-state index contributed by atoms with van der Waals surface area (Å²) in [6, 6.07) is 0.639. The van der Waals surface area contributed by atoms with Crippen molar-refractivity contribution < 1.29 is 24.5 Å². The third-order valence-corrected chi connectivity index (χ3v) is 3.37. The van der Waals surface area contributed by atoms with Gasteiger partial charge in [-0.3, -0.25) is 4.79 Å². The van der Waals surface area contributed by atoms with Crippen LogP contribution in [0.4, 0.5) is 0 Å². The lowest BCUT2D eigenvalue weighted by Gasteiger charge is -2.40. The SMILES string of the molecule is C[C@@H]1N[C@H](CNC(=O)c2ccoc2)[C@@H](O)[C@H](O)[C@@H]1O. The van der Waals surface area contributed by atoms with Crippen molar-refractivity contribution in [2.24, 2.45) is 0 Å². The van der Waals surface area contributed by atoms with E-state index in [0.29, 0.717) is 5.56 Å². The fourth-order valence-electron chi connectivity index (χ4n) is 2.15. The number of nitrogens with one attached hydrogen (secondary N) is 2. The lowest BCUT2D eigenvalue weighted by Crippen LogP contribution is -2.66. The number of furan rings is 1. The molecule has 5 atom stereocenters. The van der Waals surface area contributed by atoms with Gasteiger partial charge in [-0.25, -0.2) is 0 Å². The van der Waals surface area contributed by atoms with Gasteiger partial charge in [-0.1, -0.05) is 0 Å². The van der Waals surface area contributed by atoms with E-state index in [9.17, 15) is 20.1 Å². The van der Waals surface area contributed by atoms with Crippen molar-refractivity contribution in [3.8, 4) is 0 Å². The second-order valence-corrected chi connectivity index (χ2v) is 4.76. The van der Waals surface area contributed by atoms with E-state index in [1.165, 1.54) is 18.6 Å². The van der Waals surface area contributed by atoms with Gasteiger partial charge in [0, 0.05) is 12.6 Å². The molecular formula is C12H18N2O5. The molecule has 2 rings (SSSR count). The Morgan fingerprint density at radius 2 is 2.11 bits per heavy atom. The topological polar surface area (TPSA) is 115 Å². The summed E-state index contributed by atoms with van der Waals surface area (Å²) in [5.41, 5.74) is 0.388. The Morgan fingerprint density at radius 3 is 2.74 bits per heavy atom. The number of piperidine rings is 1. The maximum Gasteiger partial charge on any atom is 0.254 e. The van der Waals surface area contributed by atoms with Crippen molar-refractivity contribution in [2.75, 3.05) is 6.54 Å². The molecule has 1 aromatic heterocycles. The van der Waals surface area contributed by atoms with Crippen molar-refractivity contribution in [1.82, 2.24) is 10.6 Å². The predicted molar refractivity (Wildman–Crippen MR) is 65.4 cm³/mol. The molecule has 0 saturated carbocycles. The van der Waals surface area contributed by atoms with Crippen LogP contribution < -0.4 is 10.6 Å². The summed E-state index contributed by atoms with van der Waals surface area (Å²) >= 11 is 0. The molecule has 0 radical (unpaired) electrons. The minimum absolute atomic E-state index is 0.138. The molecule has 2 heterocycles. The van der Waals surface area contributed by atoms with Crippen molar-refractivity contribution in [1.29, 1.82) is 0 Å². The van der Waals surface area contributed by atoms with Gasteiger partial charge in [0.15, 0.2) is 0 Å². The summed E-state index contributed by atoms with van der Waals surface area (Å²) in [6.45, 7) is 1.84. The highest BCUT2D eigenvalue weighted by atomic mass is 16.4. The molecule has 0 unspecified atom stereocenters. The van der Waals surface area contributed by atoms with E-state index in [1.54, 1.807) is 6.92 Å². The average Bonchev–Trinajstić information content (AvgIpc) is 2.92. The second-order valence-electron chi connectivity index (χ2n) is 4.76. The zero-order valence-corrected chi connectivity index (χ0v) is 10.5. The van der Waals surface area contributed by atoms with Crippen LogP contribution in [-0.4, -0.2) is 58.2 Å². The third-order valence-electron chi connectivity index (χ3n) is 3.37. The lowest BCUT2D eigenvalue weighted by molar-refractivity contribution is -0.109. The summed E-state index contributed by atoms with van der Waals surface area (Å²) in [5.74, 6) is -0.323. The Balaban J connectivity index is 1.90. The molecule has 5 N–H and O–H groups in total. The number of carbonyl (C=O) groups excluding carboxylic acids is 1. The van der Waals surface area contributed by atoms with Gasteiger partial charge in [-0.05, 0) is 13.0 Å². The molecule has 1 aliphatic rings. The molecule has 1 aromatic rings. The average molecular weight is 270 g/mol. The van der Waals surface area contributed by atoms with Crippen molar-refractivity contribution >= 4 is 5.91 Å². The fourth-order valence-corrected chi connectivity index (χ4v) is 2.15. The van der Waals surface area contributed by atoms with Crippen LogP contribution in [0.1, 0.15) is 17.3 Å². The van der Waals surface area contributed by atoms with Crippen LogP contribution in [0, 0.1) is 0 Å². The first-order chi connectivity index (χ1) is 9.00. The Bertz CT molecular complexity index is 422. The largest absolute Gasteiger partial charge is 0.472 e. The molecule has 7 heteroatoms. The normalized spacial score (nSPS) is 35.1. The minimum atomic E-state index is -1.23. The third kappa shape index (κ3) is 2.95. The molecule has 0 aliphatic carbocycles. The highest BCUT2D eigenvalue weighted by Crippen LogP contribution is 2.15. The molecule has 1 fully saturated rings. The van der Waals surface area contributed by atoms with Crippen LogP contribution in [0.2, 0.25) is 0 Å². The number of amides is 1. The molecule has 106 valence electrons. The van der Waals surface area contributed by atoms with Crippen LogP contribution in [0.3, 0.4) is 0 Å². The summed E-state index contributed by atoms with van der Waals surface area (Å²) in [7, 11) is 0. The molecule has 1 saturated heterocycles. The molecule has 0 bridgehead atoms. The maximum absolute atomic E-state index is 11.7. The first kappa shape index (κ1) is 14.0. The Kier molecular flexibility index (Phi) is 4.20. The Labute approximate surface area is 110 Å². The van der Waals surface area contributed by atoms with Crippen molar-refractivity contribution in [2.45, 2.75) is 37.3 Å². The quantitative estimate of drug-likeness (QED) is 0.454. The van der Waals surface area contributed by atoms with Gasteiger partial charge in [0.25, 0.3) is 5.91 Å². The van der Waals surface area contributed by atoms with Crippen LogP contribution in [-0.2, 0) is 0 Å².